The molecular formula is C16H34N2O. The van der Waals surface area contributed by atoms with Crippen molar-refractivity contribution in [1.82, 2.24) is 10.2 Å². The van der Waals surface area contributed by atoms with Gasteiger partial charge in [0.25, 0.3) is 0 Å². The molecule has 0 unspecified atom stereocenters. The van der Waals surface area contributed by atoms with Gasteiger partial charge in [0.2, 0.25) is 0 Å². The summed E-state index contributed by atoms with van der Waals surface area (Å²) in [6.07, 6.45) is 6.07. The lowest BCUT2D eigenvalue weighted by atomic mass is 9.83. The van der Waals surface area contributed by atoms with Crippen LogP contribution in [0.25, 0.3) is 0 Å². The van der Waals surface area contributed by atoms with Crippen LogP contribution in [0, 0.1) is 11.3 Å². The monoisotopic (exact) mass is 270 g/mol. The molecule has 0 atom stereocenters. The lowest BCUT2D eigenvalue weighted by Gasteiger charge is -2.31. The highest BCUT2D eigenvalue weighted by molar-refractivity contribution is 4.78. The van der Waals surface area contributed by atoms with Gasteiger partial charge in [0.1, 0.15) is 0 Å². The molecule has 0 aromatic rings. The van der Waals surface area contributed by atoms with Gasteiger partial charge in [-0.1, -0.05) is 20.8 Å². The minimum atomic E-state index is 0.0978. The Kier molecular flexibility index (Phi) is 7.96. The highest BCUT2D eigenvalue weighted by atomic mass is 16.3. The van der Waals surface area contributed by atoms with Crippen molar-refractivity contribution < 1.29 is 5.11 Å². The van der Waals surface area contributed by atoms with Crippen LogP contribution in [0.2, 0.25) is 0 Å². The van der Waals surface area contributed by atoms with E-state index in [2.05, 4.69) is 31.0 Å². The number of piperidine rings is 1. The van der Waals surface area contributed by atoms with Crippen LogP contribution in [0.4, 0.5) is 0 Å². The highest BCUT2D eigenvalue weighted by Crippen LogP contribution is 2.24. The molecule has 0 bridgehead atoms. The van der Waals surface area contributed by atoms with Crippen molar-refractivity contribution in [2.75, 3.05) is 39.3 Å². The molecule has 3 nitrogen and oxygen atoms in total. The van der Waals surface area contributed by atoms with E-state index in [4.69, 9.17) is 0 Å². The van der Waals surface area contributed by atoms with Crippen molar-refractivity contribution >= 4 is 0 Å². The molecule has 0 saturated carbocycles. The summed E-state index contributed by atoms with van der Waals surface area (Å²) >= 11 is 0. The highest BCUT2D eigenvalue weighted by Gasteiger charge is 2.24. The van der Waals surface area contributed by atoms with Crippen molar-refractivity contribution in [1.29, 1.82) is 0 Å². The van der Waals surface area contributed by atoms with Crippen LogP contribution in [0.5, 0.6) is 0 Å². The van der Waals surface area contributed by atoms with E-state index in [0.29, 0.717) is 6.61 Å². The predicted molar refractivity (Wildman–Crippen MR) is 82.4 cm³/mol. The minimum Gasteiger partial charge on any atom is -0.396 e. The van der Waals surface area contributed by atoms with Gasteiger partial charge in [0.05, 0.1) is 0 Å². The molecular weight excluding hydrogens is 236 g/mol. The van der Waals surface area contributed by atoms with Gasteiger partial charge in [-0.3, -0.25) is 0 Å². The Morgan fingerprint density at radius 3 is 2.37 bits per heavy atom. The summed E-state index contributed by atoms with van der Waals surface area (Å²) in [4.78, 5) is 2.60. The van der Waals surface area contributed by atoms with Gasteiger partial charge in [-0.25, -0.2) is 0 Å². The Hall–Kier alpha value is -0.120. The zero-order valence-corrected chi connectivity index (χ0v) is 13.2. The molecule has 0 aromatic heterocycles. The average molecular weight is 270 g/mol. The lowest BCUT2D eigenvalue weighted by molar-refractivity contribution is 0.112. The SMILES string of the molecule is CCC(CC)(CO)CNCCCN1CCC(C)CC1. The van der Waals surface area contributed by atoms with Gasteiger partial charge in [-0.2, -0.15) is 0 Å². The standard InChI is InChI=1S/C16H34N2O/c1-4-16(5-2,14-19)13-17-9-6-10-18-11-7-15(3)8-12-18/h15,17,19H,4-14H2,1-3H3. The second kappa shape index (κ2) is 8.93. The van der Waals surface area contributed by atoms with Crippen LogP contribution in [-0.2, 0) is 0 Å². The number of nitrogens with zero attached hydrogens (tertiary/aromatic N) is 1. The van der Waals surface area contributed by atoms with Crippen molar-refractivity contribution in [3.05, 3.63) is 0 Å². The second-order valence-electron chi connectivity index (χ2n) is 6.42. The number of aliphatic hydroxyl groups is 1. The van der Waals surface area contributed by atoms with E-state index in [1.165, 1.54) is 38.9 Å². The topological polar surface area (TPSA) is 35.5 Å². The molecule has 19 heavy (non-hydrogen) atoms. The zero-order chi connectivity index (χ0) is 14.1. The maximum Gasteiger partial charge on any atom is 0.0499 e. The molecule has 0 aliphatic carbocycles. The molecule has 1 aliphatic heterocycles. The Balaban J connectivity index is 2.07. The number of nitrogens with one attached hydrogen (secondary N) is 1. The van der Waals surface area contributed by atoms with E-state index < -0.39 is 0 Å². The molecule has 0 amide bonds. The van der Waals surface area contributed by atoms with Gasteiger partial charge >= 0.3 is 0 Å². The number of hydrogen-bond acceptors (Lipinski definition) is 3. The molecule has 0 spiro atoms. The quantitative estimate of drug-likeness (QED) is 0.632. The van der Waals surface area contributed by atoms with Crippen LogP contribution in [0.3, 0.4) is 0 Å². The summed E-state index contributed by atoms with van der Waals surface area (Å²) in [5, 5.41) is 13.1. The third kappa shape index (κ3) is 5.80. The van der Waals surface area contributed by atoms with Crippen molar-refractivity contribution in [2.24, 2.45) is 11.3 Å². The van der Waals surface area contributed by atoms with Gasteiger partial charge < -0.3 is 15.3 Å². The molecule has 1 heterocycles. The summed E-state index contributed by atoms with van der Waals surface area (Å²) in [5.41, 5.74) is 0.0978. The Labute approximate surface area is 119 Å². The fourth-order valence-electron chi connectivity index (χ4n) is 2.85. The smallest absolute Gasteiger partial charge is 0.0499 e. The summed E-state index contributed by atoms with van der Waals surface area (Å²) in [6.45, 7) is 12.8. The molecule has 1 rings (SSSR count). The Morgan fingerprint density at radius 2 is 1.84 bits per heavy atom. The van der Waals surface area contributed by atoms with E-state index in [-0.39, 0.29) is 5.41 Å². The number of aliphatic hydroxyl groups excluding tert-OH is 1. The molecule has 1 aliphatic rings. The van der Waals surface area contributed by atoms with Gasteiger partial charge in [-0.05, 0) is 64.2 Å². The average Bonchev–Trinajstić information content (AvgIpc) is 2.45. The third-order valence-electron chi connectivity index (χ3n) is 5.04. The number of rotatable bonds is 9. The molecule has 1 fully saturated rings. The maximum atomic E-state index is 9.51. The molecule has 1 saturated heterocycles. The van der Waals surface area contributed by atoms with Crippen molar-refractivity contribution in [3.63, 3.8) is 0 Å². The van der Waals surface area contributed by atoms with Crippen LogP contribution in [0.1, 0.15) is 52.9 Å². The van der Waals surface area contributed by atoms with E-state index in [0.717, 1.165) is 31.8 Å². The fraction of sp³-hybridized carbons (Fsp3) is 1.00. The predicted octanol–water partition coefficient (Wildman–Crippen LogP) is 2.50. The van der Waals surface area contributed by atoms with E-state index in [1.54, 1.807) is 0 Å². The third-order valence-corrected chi connectivity index (χ3v) is 5.04. The molecule has 0 radical (unpaired) electrons. The van der Waals surface area contributed by atoms with Crippen LogP contribution >= 0.6 is 0 Å². The second-order valence-corrected chi connectivity index (χ2v) is 6.42. The van der Waals surface area contributed by atoms with E-state index in [9.17, 15) is 5.11 Å². The zero-order valence-electron chi connectivity index (χ0n) is 13.2. The first-order valence-corrected chi connectivity index (χ1v) is 8.19. The van der Waals surface area contributed by atoms with E-state index >= 15 is 0 Å². The number of hydrogen-bond donors (Lipinski definition) is 2. The maximum absolute atomic E-state index is 9.51. The van der Waals surface area contributed by atoms with Gasteiger partial charge in [0.15, 0.2) is 0 Å². The Bertz CT molecular complexity index is 213. The van der Waals surface area contributed by atoms with Crippen LogP contribution < -0.4 is 5.32 Å². The molecule has 114 valence electrons. The first-order valence-electron chi connectivity index (χ1n) is 8.19. The van der Waals surface area contributed by atoms with Crippen LogP contribution in [-0.4, -0.2) is 49.3 Å². The number of likely N-dealkylation sites (tertiary alicyclic amines) is 1. The van der Waals surface area contributed by atoms with Gasteiger partial charge in [0, 0.05) is 18.6 Å². The molecule has 3 heteroatoms. The van der Waals surface area contributed by atoms with Crippen molar-refractivity contribution in [2.45, 2.75) is 52.9 Å². The first kappa shape index (κ1) is 16.9. The normalized spacial score (nSPS) is 18.9. The summed E-state index contributed by atoms with van der Waals surface area (Å²) < 4.78 is 0. The van der Waals surface area contributed by atoms with Crippen molar-refractivity contribution in [3.8, 4) is 0 Å². The first-order chi connectivity index (χ1) is 9.15. The van der Waals surface area contributed by atoms with Crippen LogP contribution in [0.15, 0.2) is 0 Å². The molecule has 2 N–H and O–H groups in total. The van der Waals surface area contributed by atoms with Gasteiger partial charge in [-0.15, -0.1) is 0 Å². The fourth-order valence-corrected chi connectivity index (χ4v) is 2.85. The summed E-state index contributed by atoms with van der Waals surface area (Å²) in [5.74, 6) is 0.925. The lowest BCUT2D eigenvalue weighted by Crippen LogP contribution is -2.38. The largest absolute Gasteiger partial charge is 0.396 e. The summed E-state index contributed by atoms with van der Waals surface area (Å²) in [6, 6.07) is 0. The molecule has 0 aromatic carbocycles. The van der Waals surface area contributed by atoms with E-state index in [1.807, 2.05) is 0 Å². The summed E-state index contributed by atoms with van der Waals surface area (Å²) in [7, 11) is 0. The minimum absolute atomic E-state index is 0.0978. The Morgan fingerprint density at radius 1 is 1.21 bits per heavy atom.